The molecule has 4 rings (SSSR count). The number of carboxylic acid groups (broad SMARTS) is 1. The summed E-state index contributed by atoms with van der Waals surface area (Å²) in [4.78, 5) is 13.5. The summed E-state index contributed by atoms with van der Waals surface area (Å²) >= 11 is 0. The minimum atomic E-state index is -1.16. The number of hydrogen-bond acceptors (Lipinski definition) is 4. The number of nitrogens with zero attached hydrogens (tertiary/aromatic N) is 1. The van der Waals surface area contributed by atoms with E-state index in [4.69, 9.17) is 14.6 Å². The molecule has 0 atom stereocenters. The van der Waals surface area contributed by atoms with Gasteiger partial charge in [0.1, 0.15) is 11.4 Å². The Kier molecular flexibility index (Phi) is 7.42. The Morgan fingerprint density at radius 1 is 1.03 bits per heavy atom. The fourth-order valence-corrected chi connectivity index (χ4v) is 5.77. The largest absolute Gasteiger partial charge is 0.506 e. The second kappa shape index (κ2) is 10.2. The molecule has 5 heteroatoms. The van der Waals surface area contributed by atoms with Gasteiger partial charge in [-0.05, 0) is 78.0 Å². The normalized spacial score (nSPS) is 23.5. The van der Waals surface area contributed by atoms with Crippen molar-refractivity contribution in [2.24, 2.45) is 11.3 Å². The third-order valence-corrected chi connectivity index (χ3v) is 8.20. The smallest absolute Gasteiger partial charge is 0.490 e. The highest BCUT2D eigenvalue weighted by Crippen LogP contribution is 2.39. The predicted molar refractivity (Wildman–Crippen MR) is 136 cm³/mol. The van der Waals surface area contributed by atoms with Crippen molar-refractivity contribution in [1.29, 1.82) is 0 Å². The minimum Gasteiger partial charge on any atom is -0.490 e. The molecular formula is C29H41NO4. The van der Waals surface area contributed by atoms with Crippen LogP contribution in [0.2, 0.25) is 0 Å². The third kappa shape index (κ3) is 6.04. The van der Waals surface area contributed by atoms with Gasteiger partial charge in [-0.25, -0.2) is 4.79 Å². The van der Waals surface area contributed by atoms with E-state index in [0.717, 1.165) is 63.4 Å². The number of hydrogen-bond donors (Lipinski definition) is 1. The van der Waals surface area contributed by atoms with Crippen molar-refractivity contribution in [1.82, 2.24) is 4.90 Å². The average Bonchev–Trinajstić information content (AvgIpc) is 2.80. The molecule has 0 radical (unpaired) electrons. The standard InChI is InChI=1S/C29H41NO4/c1-5-29(34-27(31)32)14-16-30(17-15-29)20-21-6-7-23-19-26(11-8-22(23)18-21)33-25-12-9-24(10-13-25)28(2,3)4/h6-8,11,18-19,24-25H,5,9-10,12-17,20H2,1-4H3,(H,31,32). The quantitative estimate of drug-likeness (QED) is 0.453. The molecule has 186 valence electrons. The van der Waals surface area contributed by atoms with E-state index in [1.165, 1.54) is 29.2 Å². The molecule has 1 heterocycles. The van der Waals surface area contributed by atoms with Crippen LogP contribution in [0.25, 0.3) is 10.8 Å². The Morgan fingerprint density at radius 3 is 2.29 bits per heavy atom. The first-order valence-electron chi connectivity index (χ1n) is 13.0. The maximum Gasteiger partial charge on any atom is 0.506 e. The monoisotopic (exact) mass is 467 g/mol. The van der Waals surface area contributed by atoms with Crippen molar-refractivity contribution < 1.29 is 19.4 Å². The van der Waals surface area contributed by atoms with Crippen LogP contribution in [0.5, 0.6) is 5.75 Å². The lowest BCUT2D eigenvalue weighted by atomic mass is 9.72. The third-order valence-electron chi connectivity index (χ3n) is 8.20. The van der Waals surface area contributed by atoms with Crippen molar-refractivity contribution in [3.63, 3.8) is 0 Å². The Hall–Kier alpha value is -2.27. The molecule has 1 saturated carbocycles. The van der Waals surface area contributed by atoms with Crippen molar-refractivity contribution in [3.8, 4) is 5.75 Å². The number of fused-ring (bicyclic) bond motifs is 1. The lowest BCUT2D eigenvalue weighted by Crippen LogP contribution is -2.46. The van der Waals surface area contributed by atoms with E-state index in [0.29, 0.717) is 11.5 Å². The first kappa shape index (κ1) is 24.8. The maximum atomic E-state index is 11.1. The zero-order chi connectivity index (χ0) is 24.3. The van der Waals surface area contributed by atoms with Crippen LogP contribution in [-0.4, -0.2) is 41.0 Å². The lowest BCUT2D eigenvalue weighted by Gasteiger charge is -2.40. The molecule has 0 amide bonds. The Bertz CT molecular complexity index is 979. The summed E-state index contributed by atoms with van der Waals surface area (Å²) in [5.41, 5.74) is 1.16. The first-order valence-corrected chi connectivity index (χ1v) is 13.0. The number of piperidine rings is 1. The molecule has 1 aliphatic carbocycles. The summed E-state index contributed by atoms with van der Waals surface area (Å²) in [6.45, 7) is 11.7. The van der Waals surface area contributed by atoms with Gasteiger partial charge in [-0.15, -0.1) is 0 Å². The summed E-state index contributed by atoms with van der Waals surface area (Å²) < 4.78 is 11.6. The van der Waals surface area contributed by atoms with E-state index in [9.17, 15) is 4.79 Å². The molecule has 1 N–H and O–H groups in total. The van der Waals surface area contributed by atoms with Crippen LogP contribution in [0.15, 0.2) is 36.4 Å². The van der Waals surface area contributed by atoms with E-state index in [-0.39, 0.29) is 0 Å². The minimum absolute atomic E-state index is 0.328. The molecule has 2 fully saturated rings. The number of benzene rings is 2. The van der Waals surface area contributed by atoms with E-state index < -0.39 is 11.8 Å². The fraction of sp³-hybridized carbons (Fsp3) is 0.621. The molecule has 0 unspecified atom stereocenters. The molecule has 0 spiro atoms. The average molecular weight is 468 g/mol. The van der Waals surface area contributed by atoms with Crippen molar-refractivity contribution in [2.45, 2.75) is 90.9 Å². The van der Waals surface area contributed by atoms with E-state index in [1.54, 1.807) is 0 Å². The van der Waals surface area contributed by atoms with Crippen LogP contribution in [0, 0.1) is 11.3 Å². The fourth-order valence-electron chi connectivity index (χ4n) is 5.77. The highest BCUT2D eigenvalue weighted by molar-refractivity contribution is 5.84. The number of carbonyl (C=O) groups is 1. The molecule has 5 nitrogen and oxygen atoms in total. The van der Waals surface area contributed by atoms with Gasteiger partial charge < -0.3 is 14.6 Å². The lowest BCUT2D eigenvalue weighted by molar-refractivity contribution is -0.0595. The summed E-state index contributed by atoms with van der Waals surface area (Å²) in [5.74, 6) is 1.77. The van der Waals surface area contributed by atoms with Gasteiger partial charge in [0.15, 0.2) is 0 Å². The van der Waals surface area contributed by atoms with Gasteiger partial charge in [0.25, 0.3) is 0 Å². The molecule has 2 aliphatic rings. The summed E-state index contributed by atoms with van der Waals surface area (Å²) in [7, 11) is 0. The number of likely N-dealkylation sites (tertiary alicyclic amines) is 1. The highest BCUT2D eigenvalue weighted by Gasteiger charge is 2.36. The van der Waals surface area contributed by atoms with Gasteiger partial charge in [0.2, 0.25) is 0 Å². The zero-order valence-electron chi connectivity index (χ0n) is 21.3. The first-order chi connectivity index (χ1) is 16.2. The van der Waals surface area contributed by atoms with Crippen LogP contribution < -0.4 is 4.74 Å². The molecular weight excluding hydrogens is 426 g/mol. The van der Waals surface area contributed by atoms with E-state index in [2.05, 4.69) is 62.1 Å². The van der Waals surface area contributed by atoms with Gasteiger partial charge in [0, 0.05) is 32.5 Å². The van der Waals surface area contributed by atoms with Crippen molar-refractivity contribution in [3.05, 3.63) is 42.0 Å². The Balaban J connectivity index is 1.33. The highest BCUT2D eigenvalue weighted by atomic mass is 16.7. The molecule has 2 aromatic rings. The Morgan fingerprint density at radius 2 is 1.68 bits per heavy atom. The molecule has 34 heavy (non-hydrogen) atoms. The Labute approximate surface area is 204 Å². The molecule has 1 saturated heterocycles. The van der Waals surface area contributed by atoms with Gasteiger partial charge in [-0.3, -0.25) is 4.90 Å². The molecule has 1 aliphatic heterocycles. The second-order valence-electron chi connectivity index (χ2n) is 11.5. The van der Waals surface area contributed by atoms with Gasteiger partial charge >= 0.3 is 6.16 Å². The topological polar surface area (TPSA) is 59.0 Å². The van der Waals surface area contributed by atoms with Crippen LogP contribution in [0.4, 0.5) is 4.79 Å². The SMILES string of the molecule is CCC1(OC(=O)O)CCN(Cc2ccc3cc(OC4CCC(C(C)(C)C)CC4)ccc3c2)CC1. The summed E-state index contributed by atoms with van der Waals surface area (Å²) in [5, 5.41) is 11.5. The van der Waals surface area contributed by atoms with Crippen LogP contribution in [0.3, 0.4) is 0 Å². The number of ether oxygens (including phenoxy) is 2. The van der Waals surface area contributed by atoms with Crippen LogP contribution >= 0.6 is 0 Å². The van der Waals surface area contributed by atoms with Gasteiger partial charge in [0.05, 0.1) is 6.10 Å². The second-order valence-corrected chi connectivity index (χ2v) is 11.5. The zero-order valence-corrected chi connectivity index (χ0v) is 21.3. The summed E-state index contributed by atoms with van der Waals surface area (Å²) in [6, 6.07) is 13.1. The van der Waals surface area contributed by atoms with Gasteiger partial charge in [-0.1, -0.05) is 45.9 Å². The predicted octanol–water partition coefficient (Wildman–Crippen LogP) is 7.26. The van der Waals surface area contributed by atoms with Crippen LogP contribution in [-0.2, 0) is 11.3 Å². The maximum absolute atomic E-state index is 11.1. The van der Waals surface area contributed by atoms with Gasteiger partial charge in [-0.2, -0.15) is 0 Å². The van der Waals surface area contributed by atoms with Crippen molar-refractivity contribution in [2.75, 3.05) is 13.1 Å². The molecule has 2 aromatic carbocycles. The summed E-state index contributed by atoms with van der Waals surface area (Å²) in [6.07, 6.45) is 6.19. The van der Waals surface area contributed by atoms with E-state index >= 15 is 0 Å². The molecule has 0 aromatic heterocycles. The molecule has 0 bridgehead atoms. The van der Waals surface area contributed by atoms with Crippen LogP contribution in [0.1, 0.15) is 78.2 Å². The van der Waals surface area contributed by atoms with E-state index in [1.807, 2.05) is 6.92 Å². The number of rotatable bonds is 6. The van der Waals surface area contributed by atoms with Crippen molar-refractivity contribution >= 4 is 16.9 Å².